The lowest BCUT2D eigenvalue weighted by Crippen LogP contribution is -2.37. The highest BCUT2D eigenvalue weighted by Gasteiger charge is 2.12. The number of nitrogens with one attached hydrogen (secondary N) is 2. The number of methoxy groups -OCH3 is 1. The molecule has 0 unspecified atom stereocenters. The molecule has 3 aromatic rings. The second-order valence-electron chi connectivity index (χ2n) is 6.15. The predicted molar refractivity (Wildman–Crippen MR) is 110 cm³/mol. The van der Waals surface area contributed by atoms with E-state index >= 15 is 0 Å². The smallest absolute Gasteiger partial charge is 0.329 e. The van der Waals surface area contributed by atoms with Gasteiger partial charge in [0, 0.05) is 0 Å². The molecule has 0 aliphatic rings. The fourth-order valence-electron chi connectivity index (χ4n) is 2.50. The van der Waals surface area contributed by atoms with Gasteiger partial charge in [-0.05, 0) is 41.5 Å². The molecular weight excluding hydrogens is 386 g/mol. The summed E-state index contributed by atoms with van der Waals surface area (Å²) in [4.78, 5) is 23.6. The number of furan rings is 1. The maximum Gasteiger partial charge on any atom is 0.329 e. The van der Waals surface area contributed by atoms with Gasteiger partial charge in [0.05, 0.1) is 26.1 Å². The molecule has 2 aromatic carbocycles. The van der Waals surface area contributed by atoms with Gasteiger partial charge in [-0.25, -0.2) is 5.43 Å². The van der Waals surface area contributed by atoms with Crippen molar-refractivity contribution in [3.8, 4) is 11.5 Å². The van der Waals surface area contributed by atoms with Crippen molar-refractivity contribution in [3.63, 3.8) is 0 Å². The maximum absolute atomic E-state index is 11.8. The zero-order valence-corrected chi connectivity index (χ0v) is 16.3. The van der Waals surface area contributed by atoms with Crippen LogP contribution in [0.25, 0.3) is 0 Å². The molecule has 0 aliphatic heterocycles. The van der Waals surface area contributed by atoms with Crippen molar-refractivity contribution in [2.24, 2.45) is 5.10 Å². The molecule has 0 fully saturated rings. The van der Waals surface area contributed by atoms with Crippen LogP contribution in [0.15, 0.2) is 76.4 Å². The summed E-state index contributed by atoms with van der Waals surface area (Å²) >= 11 is 0. The molecule has 8 nitrogen and oxygen atoms in total. The Morgan fingerprint density at radius 1 is 1.03 bits per heavy atom. The van der Waals surface area contributed by atoms with E-state index in [0.717, 1.165) is 5.56 Å². The second kappa shape index (κ2) is 10.5. The number of hydrogen-bond acceptors (Lipinski definition) is 6. The van der Waals surface area contributed by atoms with Gasteiger partial charge in [-0.15, -0.1) is 0 Å². The van der Waals surface area contributed by atoms with Crippen LogP contribution in [0.3, 0.4) is 0 Å². The minimum absolute atomic E-state index is 0.115. The molecule has 2 N–H and O–H groups in total. The quantitative estimate of drug-likeness (QED) is 0.340. The van der Waals surface area contributed by atoms with Crippen LogP contribution in [0.5, 0.6) is 11.5 Å². The molecular formula is C22H21N3O5. The molecule has 1 aromatic heterocycles. The van der Waals surface area contributed by atoms with E-state index < -0.39 is 11.8 Å². The predicted octanol–water partition coefficient (Wildman–Crippen LogP) is 2.63. The standard InChI is InChI=1S/C22H21N3O5/c1-28-19-10-9-17(12-20(19)30-15-16-6-3-2-4-7-16)13-24-25-22(27)21(26)23-14-18-8-5-11-29-18/h2-13H,14-15H2,1H3,(H,23,26)(H,25,27)/b24-13-. The fourth-order valence-corrected chi connectivity index (χ4v) is 2.50. The molecule has 0 bridgehead atoms. The molecule has 3 rings (SSSR count). The number of benzene rings is 2. The lowest BCUT2D eigenvalue weighted by molar-refractivity contribution is -0.139. The first kappa shape index (κ1) is 20.7. The Kier molecular flexibility index (Phi) is 7.21. The van der Waals surface area contributed by atoms with Crippen molar-refractivity contribution in [1.82, 2.24) is 10.7 Å². The Morgan fingerprint density at radius 2 is 1.87 bits per heavy atom. The molecule has 154 valence electrons. The summed E-state index contributed by atoms with van der Waals surface area (Å²) in [7, 11) is 1.56. The first-order chi connectivity index (χ1) is 14.7. The van der Waals surface area contributed by atoms with Crippen LogP contribution in [0, 0.1) is 0 Å². The molecule has 0 atom stereocenters. The van der Waals surface area contributed by atoms with E-state index in [4.69, 9.17) is 13.9 Å². The average molecular weight is 407 g/mol. The van der Waals surface area contributed by atoms with Gasteiger partial charge >= 0.3 is 11.8 Å². The minimum Gasteiger partial charge on any atom is -0.493 e. The molecule has 0 saturated heterocycles. The number of carbonyl (C=O) groups is 2. The normalized spacial score (nSPS) is 10.6. The Balaban J connectivity index is 1.55. The summed E-state index contributed by atoms with van der Waals surface area (Å²) < 4.78 is 16.2. The van der Waals surface area contributed by atoms with E-state index in [0.29, 0.717) is 29.4 Å². The van der Waals surface area contributed by atoms with Gasteiger partial charge in [-0.2, -0.15) is 5.10 Å². The number of hydrogen-bond donors (Lipinski definition) is 2. The molecule has 1 heterocycles. The third kappa shape index (κ3) is 5.96. The molecule has 0 aliphatic carbocycles. The molecule has 8 heteroatoms. The second-order valence-corrected chi connectivity index (χ2v) is 6.15. The lowest BCUT2D eigenvalue weighted by Gasteiger charge is -2.11. The zero-order chi connectivity index (χ0) is 21.2. The van der Waals surface area contributed by atoms with Crippen LogP contribution in [0.4, 0.5) is 0 Å². The molecule has 0 radical (unpaired) electrons. The highest BCUT2D eigenvalue weighted by molar-refractivity contribution is 6.35. The van der Waals surface area contributed by atoms with Crippen LogP contribution in [-0.4, -0.2) is 25.1 Å². The van der Waals surface area contributed by atoms with Gasteiger partial charge in [-0.3, -0.25) is 9.59 Å². The molecule has 0 spiro atoms. The van der Waals surface area contributed by atoms with Crippen molar-refractivity contribution >= 4 is 18.0 Å². The Hall–Kier alpha value is -4.07. The van der Waals surface area contributed by atoms with E-state index in [9.17, 15) is 9.59 Å². The topological polar surface area (TPSA) is 102 Å². The fraction of sp³-hybridized carbons (Fsp3) is 0.136. The number of nitrogens with zero attached hydrogens (tertiary/aromatic N) is 1. The average Bonchev–Trinajstić information content (AvgIpc) is 3.30. The SMILES string of the molecule is COc1ccc(/C=N\NC(=O)C(=O)NCc2ccco2)cc1OCc1ccccc1. The number of ether oxygens (including phenoxy) is 2. The summed E-state index contributed by atoms with van der Waals surface area (Å²) in [6, 6.07) is 18.3. The number of carbonyl (C=O) groups excluding carboxylic acids is 2. The van der Waals surface area contributed by atoms with E-state index in [-0.39, 0.29) is 6.54 Å². The van der Waals surface area contributed by atoms with Gasteiger partial charge in [0.15, 0.2) is 11.5 Å². The Labute approximate surface area is 173 Å². The van der Waals surface area contributed by atoms with Crippen LogP contribution in [0.1, 0.15) is 16.9 Å². The molecule has 2 amide bonds. The summed E-state index contributed by atoms with van der Waals surface area (Å²) in [5.74, 6) is -0.0461. The van der Waals surface area contributed by atoms with Gasteiger partial charge in [0.2, 0.25) is 0 Å². The van der Waals surface area contributed by atoms with Gasteiger partial charge in [-0.1, -0.05) is 30.3 Å². The molecule has 30 heavy (non-hydrogen) atoms. The third-order valence-electron chi connectivity index (χ3n) is 4.01. The Bertz CT molecular complexity index is 1000. The summed E-state index contributed by atoms with van der Waals surface area (Å²) in [5, 5.41) is 6.25. The summed E-state index contributed by atoms with van der Waals surface area (Å²) in [5.41, 5.74) is 3.86. The monoisotopic (exact) mass is 407 g/mol. The van der Waals surface area contributed by atoms with Gasteiger partial charge < -0.3 is 19.2 Å². The number of rotatable bonds is 8. The highest BCUT2D eigenvalue weighted by atomic mass is 16.5. The highest BCUT2D eigenvalue weighted by Crippen LogP contribution is 2.28. The van der Waals surface area contributed by atoms with E-state index in [2.05, 4.69) is 15.8 Å². The van der Waals surface area contributed by atoms with E-state index in [1.165, 1.54) is 12.5 Å². The van der Waals surface area contributed by atoms with Crippen molar-refractivity contribution in [3.05, 3.63) is 83.8 Å². The van der Waals surface area contributed by atoms with Crippen LogP contribution in [-0.2, 0) is 22.7 Å². The van der Waals surface area contributed by atoms with Gasteiger partial charge in [0.25, 0.3) is 0 Å². The Morgan fingerprint density at radius 3 is 2.60 bits per heavy atom. The first-order valence-electron chi connectivity index (χ1n) is 9.14. The molecule has 0 saturated carbocycles. The van der Waals surface area contributed by atoms with Crippen molar-refractivity contribution in [2.75, 3.05) is 7.11 Å². The number of hydrazone groups is 1. The summed E-state index contributed by atoms with van der Waals surface area (Å²) in [6.45, 7) is 0.494. The largest absolute Gasteiger partial charge is 0.493 e. The minimum atomic E-state index is -0.883. The third-order valence-corrected chi connectivity index (χ3v) is 4.01. The van der Waals surface area contributed by atoms with Crippen molar-refractivity contribution in [2.45, 2.75) is 13.2 Å². The lowest BCUT2D eigenvalue weighted by atomic mass is 10.2. The van der Waals surface area contributed by atoms with Crippen molar-refractivity contribution < 1.29 is 23.5 Å². The van der Waals surface area contributed by atoms with E-state index in [1.54, 1.807) is 37.4 Å². The number of amides is 2. The van der Waals surface area contributed by atoms with Crippen LogP contribution < -0.4 is 20.2 Å². The van der Waals surface area contributed by atoms with Crippen LogP contribution in [0.2, 0.25) is 0 Å². The van der Waals surface area contributed by atoms with Crippen molar-refractivity contribution in [1.29, 1.82) is 0 Å². The maximum atomic E-state index is 11.8. The van der Waals surface area contributed by atoms with Crippen LogP contribution >= 0.6 is 0 Å². The first-order valence-corrected chi connectivity index (χ1v) is 9.14. The van der Waals surface area contributed by atoms with E-state index in [1.807, 2.05) is 30.3 Å². The zero-order valence-electron chi connectivity index (χ0n) is 16.3. The summed E-state index contributed by atoms with van der Waals surface area (Å²) in [6.07, 6.45) is 2.89. The van der Waals surface area contributed by atoms with Gasteiger partial charge in [0.1, 0.15) is 12.4 Å².